The first kappa shape index (κ1) is 59.7. The van der Waals surface area contributed by atoms with Crippen molar-refractivity contribution in [3.05, 3.63) is 138 Å². The van der Waals surface area contributed by atoms with E-state index in [1.165, 1.54) is 11.8 Å². The van der Waals surface area contributed by atoms with Crippen LogP contribution in [0.3, 0.4) is 0 Å². The smallest absolute Gasteiger partial charge is 0.349 e. The first-order chi connectivity index (χ1) is 35.4. The molecule has 0 aliphatic carbocycles. The van der Waals surface area contributed by atoms with E-state index in [1.54, 1.807) is 84.9 Å². The fraction of sp³-hybridized carbons (Fsp3) is 0.542. The molecular weight excluding hydrogens is 1030 g/mol. The Morgan fingerprint density at radius 1 is 0.553 bits per heavy atom. The zero-order valence-corrected chi connectivity index (χ0v) is 51.3. The molecule has 3 aliphatic heterocycles. The summed E-state index contributed by atoms with van der Waals surface area (Å²) in [7, 11) is -8.65. The molecule has 0 unspecified atom stereocenters. The van der Waals surface area contributed by atoms with Gasteiger partial charge in [0.2, 0.25) is 0 Å². The predicted octanol–water partition coefficient (Wildman–Crippen LogP) is 13.2. The van der Waals surface area contributed by atoms with Gasteiger partial charge in [-0.05, 0) is 84.8 Å². The summed E-state index contributed by atoms with van der Waals surface area (Å²) in [4.78, 5) is 43.9. The van der Waals surface area contributed by atoms with Crippen molar-refractivity contribution in [2.24, 2.45) is 0 Å². The third kappa shape index (κ3) is 13.4. The van der Waals surface area contributed by atoms with Gasteiger partial charge in [-0.1, -0.05) is 168 Å². The van der Waals surface area contributed by atoms with E-state index in [2.05, 4.69) is 109 Å². The second kappa shape index (κ2) is 23.4. The molecule has 0 amide bonds. The van der Waals surface area contributed by atoms with E-state index >= 15 is 0 Å². The van der Waals surface area contributed by atoms with Crippen LogP contribution in [-0.2, 0) is 46.1 Å². The third-order valence-electron chi connectivity index (χ3n) is 15.6. The molecule has 3 aliphatic rings. The number of benzene rings is 4. The maximum atomic E-state index is 14.7. The minimum atomic E-state index is -3.17. The molecule has 4 aromatic carbocycles. The van der Waals surface area contributed by atoms with Gasteiger partial charge in [0.05, 0.1) is 23.3 Å². The van der Waals surface area contributed by atoms with Crippen molar-refractivity contribution in [1.82, 2.24) is 0 Å². The lowest BCUT2D eigenvalue weighted by molar-refractivity contribution is -0.337. The van der Waals surface area contributed by atoms with E-state index in [-0.39, 0.29) is 44.5 Å². The SMILES string of the molecule is CC(C)(C)[Si](C)(C)O[C@H]1[C@H]2O[Si](C(C)(C)C)(C(C)(C)C)OC[C@H]2O[C@H](O[C@@H]2[C@H](OC(=O)c3ccccc3)[C@@H](OC(=O)c3ccccc3)[C@H](Sc3ccccc3)O[C@@H]2COC(=O)c2ccccc2)[C@@H]1O[Si](C)(C)C(C)(C)C. The molecule has 13 nitrogen and oxygen atoms in total. The number of carbonyl (C=O) groups excluding carboxylic acids is 3. The van der Waals surface area contributed by atoms with Crippen LogP contribution in [0.1, 0.15) is 114 Å². The summed E-state index contributed by atoms with van der Waals surface area (Å²) in [5.41, 5.74) is -0.193. The van der Waals surface area contributed by atoms with Crippen LogP contribution in [-0.4, -0.2) is 117 Å². The Morgan fingerprint density at radius 2 is 0.987 bits per heavy atom. The summed E-state index contributed by atoms with van der Waals surface area (Å²) in [5.74, 6) is -1.99. The van der Waals surface area contributed by atoms with Crippen molar-refractivity contribution < 1.29 is 60.5 Å². The summed E-state index contributed by atoms with van der Waals surface area (Å²) in [6.45, 7) is 34.8. The Balaban J connectivity index is 1.43. The molecule has 414 valence electrons. The third-order valence-corrected chi connectivity index (χ3v) is 30.8. The van der Waals surface area contributed by atoms with E-state index in [9.17, 15) is 14.4 Å². The van der Waals surface area contributed by atoms with Gasteiger partial charge in [0.25, 0.3) is 0 Å². The van der Waals surface area contributed by atoms with E-state index in [0.29, 0.717) is 5.56 Å². The minimum Gasteiger partial charge on any atom is -0.459 e. The molecule has 3 heterocycles. The average molecular weight is 1120 g/mol. The van der Waals surface area contributed by atoms with Crippen LogP contribution in [0.5, 0.6) is 0 Å². The second-order valence-electron chi connectivity index (χ2n) is 25.2. The summed E-state index contributed by atoms with van der Waals surface area (Å²) in [6, 6.07) is 35.3. The quantitative estimate of drug-likeness (QED) is 0.0632. The van der Waals surface area contributed by atoms with E-state index in [1.807, 2.05) is 36.4 Å². The monoisotopic (exact) mass is 1110 g/mol. The molecule has 17 heteroatoms. The number of esters is 3. The van der Waals surface area contributed by atoms with Crippen molar-refractivity contribution in [2.75, 3.05) is 13.2 Å². The Morgan fingerprint density at radius 3 is 1.45 bits per heavy atom. The highest BCUT2D eigenvalue weighted by atomic mass is 32.2. The summed E-state index contributed by atoms with van der Waals surface area (Å²) in [5, 5.41) is -1.28. The molecule has 0 saturated carbocycles. The minimum absolute atomic E-state index is 0.175. The van der Waals surface area contributed by atoms with Gasteiger partial charge in [-0.2, -0.15) is 0 Å². The van der Waals surface area contributed by atoms with Gasteiger partial charge >= 0.3 is 26.5 Å². The van der Waals surface area contributed by atoms with Gasteiger partial charge in [-0.3, -0.25) is 0 Å². The van der Waals surface area contributed by atoms with Gasteiger partial charge in [0, 0.05) is 15.0 Å². The number of hydrogen-bond donors (Lipinski definition) is 0. The van der Waals surface area contributed by atoms with Crippen LogP contribution in [0.2, 0.25) is 46.3 Å². The van der Waals surface area contributed by atoms with Crippen LogP contribution in [0, 0.1) is 0 Å². The zero-order valence-electron chi connectivity index (χ0n) is 47.5. The van der Waals surface area contributed by atoms with Crippen molar-refractivity contribution in [2.45, 2.75) is 195 Å². The van der Waals surface area contributed by atoms with Gasteiger partial charge in [0.1, 0.15) is 48.7 Å². The molecule has 3 fully saturated rings. The fourth-order valence-electron chi connectivity index (χ4n) is 9.56. The molecule has 0 N–H and O–H groups in total. The Labute approximate surface area is 459 Å². The van der Waals surface area contributed by atoms with Crippen LogP contribution in [0.4, 0.5) is 0 Å². The van der Waals surface area contributed by atoms with Crippen LogP contribution >= 0.6 is 11.8 Å². The number of rotatable bonds is 15. The number of thioether (sulfide) groups is 1. The van der Waals surface area contributed by atoms with Crippen LogP contribution < -0.4 is 0 Å². The van der Waals surface area contributed by atoms with Crippen molar-refractivity contribution in [3.63, 3.8) is 0 Å². The van der Waals surface area contributed by atoms with Gasteiger partial charge in [0.15, 0.2) is 35.1 Å². The Hall–Kier alpha value is -3.99. The van der Waals surface area contributed by atoms with Crippen molar-refractivity contribution in [3.8, 4) is 0 Å². The molecule has 10 atom stereocenters. The lowest BCUT2D eigenvalue weighted by Crippen LogP contribution is -2.74. The number of fused-ring (bicyclic) bond motifs is 1. The highest BCUT2D eigenvalue weighted by molar-refractivity contribution is 7.99. The van der Waals surface area contributed by atoms with E-state index in [0.717, 1.165) is 4.90 Å². The summed E-state index contributed by atoms with van der Waals surface area (Å²) >= 11 is 1.28. The van der Waals surface area contributed by atoms with Crippen molar-refractivity contribution >= 4 is 54.9 Å². The van der Waals surface area contributed by atoms with Crippen LogP contribution in [0.25, 0.3) is 0 Å². The molecule has 7 rings (SSSR count). The molecule has 0 aromatic heterocycles. The topological polar surface area (TPSA) is 144 Å². The summed E-state index contributed by atoms with van der Waals surface area (Å²) in [6.07, 6.45) is -9.57. The molecule has 0 bridgehead atoms. The largest absolute Gasteiger partial charge is 0.459 e. The molecule has 0 radical (unpaired) electrons. The lowest BCUT2D eigenvalue weighted by Gasteiger charge is -2.60. The highest BCUT2D eigenvalue weighted by Gasteiger charge is 2.67. The highest BCUT2D eigenvalue weighted by Crippen LogP contribution is 2.56. The fourth-order valence-corrected chi connectivity index (χ4v) is 18.2. The molecular formula is C59H82O13SSi3. The average Bonchev–Trinajstić information content (AvgIpc) is 3.35. The summed E-state index contributed by atoms with van der Waals surface area (Å²) < 4.78 is 71.3. The number of ether oxygens (including phenoxy) is 6. The van der Waals surface area contributed by atoms with Crippen molar-refractivity contribution in [1.29, 1.82) is 0 Å². The molecule has 76 heavy (non-hydrogen) atoms. The Bertz CT molecular complexity index is 2550. The number of carbonyl (C=O) groups is 3. The first-order valence-electron chi connectivity index (χ1n) is 26.5. The van der Waals surface area contributed by atoms with Gasteiger partial charge in [-0.25, -0.2) is 14.4 Å². The molecule has 3 saturated heterocycles. The van der Waals surface area contributed by atoms with Crippen LogP contribution in [0.15, 0.2) is 126 Å². The maximum Gasteiger partial charge on any atom is 0.349 e. The van der Waals surface area contributed by atoms with E-state index in [4.69, 9.17) is 46.1 Å². The van der Waals surface area contributed by atoms with Gasteiger partial charge in [-0.15, -0.1) is 0 Å². The van der Waals surface area contributed by atoms with Gasteiger partial charge < -0.3 is 46.1 Å². The normalized spacial score (nSPS) is 26.4. The Kier molecular flexibility index (Phi) is 18.4. The lowest BCUT2D eigenvalue weighted by atomic mass is 9.97. The first-order valence-corrected chi connectivity index (χ1v) is 35.0. The second-order valence-corrected chi connectivity index (χ2v) is 40.7. The van der Waals surface area contributed by atoms with E-state index < -0.39 is 104 Å². The molecule has 4 aromatic rings. The maximum absolute atomic E-state index is 14.7. The zero-order chi connectivity index (χ0) is 55.6. The standard InChI is InChI=1S/C59H82O13SSi3/c1-56(2,3)74(13,14)70-48-46-44(38-64-76(72-46,58(7,8)9)59(10,11)12)65-54(49(48)71-75(15,16)57(4,5)6)69-45-43(37-63-51(60)39-29-21-17-22-30-39)66-55(73-42-35-27-20-28-36-42)50(68-53(62)41-33-25-19-26-34-41)47(45)67-52(61)40-31-23-18-24-32-40/h17-36,43-50,54-55H,37-38H2,1-16H3/t43-,44-,45+,46+,47+,48+,49-,50-,54-,55+/m1/s1. The predicted molar refractivity (Wildman–Crippen MR) is 303 cm³/mol. The molecule has 0 spiro atoms. The number of hydrogen-bond acceptors (Lipinski definition) is 14.